The van der Waals surface area contributed by atoms with Gasteiger partial charge in [-0.3, -0.25) is 24.0 Å². The van der Waals surface area contributed by atoms with Crippen LogP contribution in [0, 0.1) is 0 Å². The lowest BCUT2D eigenvalue weighted by Crippen LogP contribution is -2.58. The fourth-order valence-electron chi connectivity index (χ4n) is 2.84. The Morgan fingerprint density at radius 2 is 1.43 bits per heavy atom. The number of hydrogen-bond acceptors (Lipinski definition) is 9. The number of nitrogens with one attached hydrogen (secondary N) is 4. The molecule has 1 aromatic rings. The zero-order valence-corrected chi connectivity index (χ0v) is 19.6. The minimum absolute atomic E-state index is 0.123. The molecule has 0 saturated heterocycles. The van der Waals surface area contributed by atoms with Crippen LogP contribution >= 0.6 is 12.6 Å². The molecule has 5 amide bonds. The summed E-state index contributed by atoms with van der Waals surface area (Å²) in [5.41, 5.74) is 16.6. The first kappa shape index (κ1) is 29.4. The van der Waals surface area contributed by atoms with Gasteiger partial charge in [0.2, 0.25) is 29.5 Å². The van der Waals surface area contributed by atoms with Gasteiger partial charge in [-0.2, -0.15) is 12.6 Å². The van der Waals surface area contributed by atoms with Gasteiger partial charge < -0.3 is 43.2 Å². The number of carboxylic acid groups (broad SMARTS) is 1. The van der Waals surface area contributed by atoms with Crippen LogP contribution in [-0.2, 0) is 35.2 Å². The van der Waals surface area contributed by atoms with Gasteiger partial charge in [-0.1, -0.05) is 0 Å². The van der Waals surface area contributed by atoms with Crippen molar-refractivity contribution in [2.75, 3.05) is 5.75 Å². The van der Waals surface area contributed by atoms with Gasteiger partial charge in [-0.15, -0.1) is 0 Å². The first-order valence-corrected chi connectivity index (χ1v) is 11.1. The number of nitrogens with two attached hydrogens (primary N) is 3. The second-order valence-corrected chi connectivity index (χ2v) is 7.97. The number of aliphatic carboxylic acids is 1. The summed E-state index contributed by atoms with van der Waals surface area (Å²) in [6.07, 6.45) is 1.90. The number of rotatable bonds is 16. The Balaban J connectivity index is 2.85. The molecule has 0 bridgehead atoms. The molecule has 1 aromatic heterocycles. The molecule has 194 valence electrons. The number of carboxylic acids is 1. The zero-order valence-electron chi connectivity index (χ0n) is 18.7. The molecule has 0 aromatic carbocycles. The molecule has 0 spiro atoms. The molecule has 15 nitrogen and oxygen atoms in total. The highest BCUT2D eigenvalue weighted by atomic mass is 32.1. The van der Waals surface area contributed by atoms with Crippen LogP contribution < -0.4 is 33.2 Å². The lowest BCUT2D eigenvalue weighted by Gasteiger charge is -2.24. The van der Waals surface area contributed by atoms with Gasteiger partial charge >= 0.3 is 5.97 Å². The SMILES string of the molecule is NC(=O)CCC(NC(=O)C(CCC(N)=O)NC(=O)C(CS)NC(=O)C(N)Cc1cnc[nH]1)C(=O)O. The molecule has 4 unspecified atom stereocenters. The van der Waals surface area contributed by atoms with E-state index in [1.807, 2.05) is 0 Å². The third-order valence-corrected chi connectivity index (χ3v) is 5.12. The number of amides is 5. The zero-order chi connectivity index (χ0) is 26.5. The van der Waals surface area contributed by atoms with Gasteiger partial charge in [0.1, 0.15) is 18.1 Å². The predicted molar refractivity (Wildman–Crippen MR) is 124 cm³/mol. The van der Waals surface area contributed by atoms with Crippen LogP contribution in [0.1, 0.15) is 31.4 Å². The molecule has 11 N–H and O–H groups in total. The summed E-state index contributed by atoms with van der Waals surface area (Å²) in [6, 6.07) is -5.05. The molecule has 1 rings (SSSR count). The summed E-state index contributed by atoms with van der Waals surface area (Å²) in [6.45, 7) is 0. The van der Waals surface area contributed by atoms with Crippen LogP contribution in [0.2, 0.25) is 0 Å². The fraction of sp³-hybridized carbons (Fsp3) is 0.526. The molecule has 0 aliphatic carbocycles. The van der Waals surface area contributed by atoms with E-state index >= 15 is 0 Å². The largest absolute Gasteiger partial charge is 0.480 e. The number of H-pyrrole nitrogens is 1. The van der Waals surface area contributed by atoms with E-state index in [0.717, 1.165) is 0 Å². The maximum Gasteiger partial charge on any atom is 0.326 e. The maximum atomic E-state index is 12.7. The van der Waals surface area contributed by atoms with Crippen molar-refractivity contribution in [1.29, 1.82) is 0 Å². The average molecular weight is 515 g/mol. The van der Waals surface area contributed by atoms with Gasteiger partial charge in [0.25, 0.3) is 0 Å². The van der Waals surface area contributed by atoms with Gasteiger partial charge in [0.05, 0.1) is 12.4 Å². The van der Waals surface area contributed by atoms with E-state index in [0.29, 0.717) is 5.69 Å². The van der Waals surface area contributed by atoms with Crippen LogP contribution in [0.25, 0.3) is 0 Å². The second kappa shape index (κ2) is 14.6. The molecular formula is C19H30N8O7S. The van der Waals surface area contributed by atoms with E-state index < -0.39 is 59.7 Å². The molecule has 0 radical (unpaired) electrons. The molecule has 4 atom stereocenters. The molecule has 0 saturated carbocycles. The Hall–Kier alpha value is -3.66. The number of aromatic nitrogens is 2. The molecule has 0 aliphatic rings. The van der Waals surface area contributed by atoms with Gasteiger partial charge in [0.15, 0.2) is 0 Å². The quantitative estimate of drug-likeness (QED) is 0.0980. The minimum Gasteiger partial charge on any atom is -0.480 e. The molecule has 1 heterocycles. The number of nitrogens with zero attached hydrogens (tertiary/aromatic N) is 1. The van der Waals surface area contributed by atoms with E-state index in [4.69, 9.17) is 17.2 Å². The Bertz CT molecular complexity index is 911. The number of hydrogen-bond donors (Lipinski definition) is 9. The van der Waals surface area contributed by atoms with Crippen molar-refractivity contribution >= 4 is 48.1 Å². The summed E-state index contributed by atoms with van der Waals surface area (Å²) >= 11 is 4.05. The lowest BCUT2D eigenvalue weighted by molar-refractivity contribution is -0.142. The van der Waals surface area contributed by atoms with Crippen LogP contribution in [0.15, 0.2) is 12.5 Å². The van der Waals surface area contributed by atoms with Crippen LogP contribution in [-0.4, -0.2) is 80.5 Å². The van der Waals surface area contributed by atoms with Crippen LogP contribution in [0.5, 0.6) is 0 Å². The normalized spacial score (nSPS) is 14.1. The van der Waals surface area contributed by atoms with Crippen molar-refractivity contribution in [2.45, 2.75) is 56.3 Å². The Labute approximate surface area is 205 Å². The third-order valence-electron chi connectivity index (χ3n) is 4.75. The molecular weight excluding hydrogens is 484 g/mol. The molecule has 0 aliphatic heterocycles. The lowest BCUT2D eigenvalue weighted by atomic mass is 10.1. The van der Waals surface area contributed by atoms with Crippen molar-refractivity contribution in [2.24, 2.45) is 17.2 Å². The van der Waals surface area contributed by atoms with Crippen molar-refractivity contribution in [3.8, 4) is 0 Å². The predicted octanol–water partition coefficient (Wildman–Crippen LogP) is -3.72. The van der Waals surface area contributed by atoms with E-state index in [-0.39, 0.29) is 37.9 Å². The highest BCUT2D eigenvalue weighted by Gasteiger charge is 2.30. The summed E-state index contributed by atoms with van der Waals surface area (Å²) in [4.78, 5) is 78.0. The number of carbonyl (C=O) groups is 6. The standard InChI is InChI=1S/C19H30N8O7S/c20-10(5-9-6-23-8-24-9)16(30)27-13(7-35)18(32)25-11(1-3-14(21)28)17(31)26-12(19(33)34)2-4-15(22)29/h6,8,10-13,35H,1-5,7,20H2,(H2,21,28)(H2,22,29)(H,23,24)(H,25,32)(H,26,31)(H,27,30)(H,33,34). The molecule has 16 heteroatoms. The molecule has 35 heavy (non-hydrogen) atoms. The van der Waals surface area contributed by atoms with Gasteiger partial charge in [0, 0.05) is 36.9 Å². The van der Waals surface area contributed by atoms with Crippen molar-refractivity contribution < 1.29 is 33.9 Å². The second-order valence-electron chi connectivity index (χ2n) is 7.60. The minimum atomic E-state index is -1.47. The smallest absolute Gasteiger partial charge is 0.326 e. The highest BCUT2D eigenvalue weighted by Crippen LogP contribution is 2.04. The van der Waals surface area contributed by atoms with Crippen LogP contribution in [0.3, 0.4) is 0 Å². The maximum absolute atomic E-state index is 12.7. The average Bonchev–Trinajstić information content (AvgIpc) is 3.29. The van der Waals surface area contributed by atoms with Crippen molar-refractivity contribution in [3.05, 3.63) is 18.2 Å². The number of imidazole rings is 1. The first-order chi connectivity index (χ1) is 16.4. The fourth-order valence-corrected chi connectivity index (χ4v) is 3.10. The summed E-state index contributed by atoms with van der Waals surface area (Å²) in [5, 5.41) is 16.3. The van der Waals surface area contributed by atoms with E-state index in [1.54, 1.807) is 0 Å². The van der Waals surface area contributed by atoms with Crippen LogP contribution in [0.4, 0.5) is 0 Å². The first-order valence-electron chi connectivity index (χ1n) is 10.5. The summed E-state index contributed by atoms with van der Waals surface area (Å²) in [5.74, 6) is -5.52. The van der Waals surface area contributed by atoms with E-state index in [9.17, 15) is 33.9 Å². The Morgan fingerprint density at radius 3 is 1.91 bits per heavy atom. The topological polar surface area (TPSA) is 265 Å². The van der Waals surface area contributed by atoms with Crippen molar-refractivity contribution in [3.63, 3.8) is 0 Å². The van der Waals surface area contributed by atoms with E-state index in [1.165, 1.54) is 12.5 Å². The number of carbonyl (C=O) groups excluding carboxylic acids is 5. The van der Waals surface area contributed by atoms with Gasteiger partial charge in [-0.05, 0) is 12.8 Å². The Morgan fingerprint density at radius 1 is 0.914 bits per heavy atom. The van der Waals surface area contributed by atoms with E-state index in [2.05, 4.69) is 38.5 Å². The molecule has 0 fully saturated rings. The summed E-state index contributed by atoms with van der Waals surface area (Å²) < 4.78 is 0. The monoisotopic (exact) mass is 514 g/mol. The number of aromatic amines is 1. The summed E-state index contributed by atoms with van der Waals surface area (Å²) in [7, 11) is 0. The highest BCUT2D eigenvalue weighted by molar-refractivity contribution is 7.80. The number of primary amides is 2. The van der Waals surface area contributed by atoms with Gasteiger partial charge in [-0.25, -0.2) is 9.78 Å². The number of thiol groups is 1. The van der Waals surface area contributed by atoms with Crippen molar-refractivity contribution in [1.82, 2.24) is 25.9 Å². The third kappa shape index (κ3) is 10.9. The Kier molecular flexibility index (Phi) is 12.2.